The first-order valence-corrected chi connectivity index (χ1v) is 9.82. The molecular formula is C16H20N4OS2. The van der Waals surface area contributed by atoms with E-state index in [0.717, 1.165) is 35.2 Å². The normalized spacial score (nSPS) is 17.8. The largest absolute Gasteiger partial charge is 0.492 e. The van der Waals surface area contributed by atoms with E-state index in [2.05, 4.69) is 32.5 Å². The van der Waals surface area contributed by atoms with Crippen LogP contribution < -0.4 is 0 Å². The minimum atomic E-state index is 0.119. The van der Waals surface area contributed by atoms with Gasteiger partial charge in [-0.1, -0.05) is 30.7 Å². The van der Waals surface area contributed by atoms with Gasteiger partial charge < -0.3 is 5.11 Å². The van der Waals surface area contributed by atoms with Crippen molar-refractivity contribution in [2.75, 3.05) is 13.1 Å². The van der Waals surface area contributed by atoms with Gasteiger partial charge in [-0.3, -0.25) is 4.90 Å². The number of thiophene rings is 1. The van der Waals surface area contributed by atoms with Gasteiger partial charge in [0, 0.05) is 11.3 Å². The predicted octanol–water partition coefficient (Wildman–Crippen LogP) is 3.70. The summed E-state index contributed by atoms with van der Waals surface area (Å²) in [5.74, 6) is 1.03. The second-order valence-corrected chi connectivity index (χ2v) is 7.87. The molecule has 4 heterocycles. The molecule has 1 aliphatic rings. The van der Waals surface area contributed by atoms with Crippen LogP contribution in [0.15, 0.2) is 17.5 Å². The number of aryl methyl sites for hydroxylation is 1. The fourth-order valence-corrected chi connectivity index (χ4v) is 5.29. The molecule has 0 aromatic carbocycles. The summed E-state index contributed by atoms with van der Waals surface area (Å²) < 4.78 is 1.60. The zero-order valence-corrected chi connectivity index (χ0v) is 14.7. The number of piperidine rings is 1. The summed E-state index contributed by atoms with van der Waals surface area (Å²) in [6, 6.07) is 4.37. The zero-order chi connectivity index (χ0) is 15.8. The number of thiazole rings is 1. The highest BCUT2D eigenvalue weighted by atomic mass is 32.1. The summed E-state index contributed by atoms with van der Waals surface area (Å²) >= 11 is 3.32. The van der Waals surface area contributed by atoms with Crippen molar-refractivity contribution in [3.8, 4) is 5.88 Å². The minimum Gasteiger partial charge on any atom is -0.492 e. The lowest BCUT2D eigenvalue weighted by Crippen LogP contribution is -2.33. The van der Waals surface area contributed by atoms with Gasteiger partial charge in [-0.05, 0) is 37.4 Å². The zero-order valence-electron chi connectivity index (χ0n) is 13.1. The molecule has 122 valence electrons. The highest BCUT2D eigenvalue weighted by Crippen LogP contribution is 2.42. The van der Waals surface area contributed by atoms with Crippen molar-refractivity contribution in [3.05, 3.63) is 33.1 Å². The number of nitrogens with zero attached hydrogens (tertiary/aromatic N) is 4. The van der Waals surface area contributed by atoms with E-state index in [9.17, 15) is 5.11 Å². The maximum Gasteiger partial charge on any atom is 0.230 e. The van der Waals surface area contributed by atoms with Gasteiger partial charge in [-0.15, -0.1) is 16.4 Å². The fourth-order valence-electron chi connectivity index (χ4n) is 3.22. The van der Waals surface area contributed by atoms with Gasteiger partial charge >= 0.3 is 0 Å². The summed E-state index contributed by atoms with van der Waals surface area (Å²) in [6.45, 7) is 4.19. The molecule has 1 N–H and O–H groups in total. The van der Waals surface area contributed by atoms with Crippen LogP contribution in [0.3, 0.4) is 0 Å². The lowest BCUT2D eigenvalue weighted by molar-refractivity contribution is 0.188. The van der Waals surface area contributed by atoms with Crippen LogP contribution in [0.5, 0.6) is 5.88 Å². The summed E-state index contributed by atoms with van der Waals surface area (Å²) in [5.41, 5.74) is 0. The standard InChI is InChI=1S/C16H20N4OS2/c1-2-12-17-16-20(18-12)15(21)14(23-16)13(11-7-6-10-22-11)19-8-4-3-5-9-19/h6-7,10,13,21H,2-5,8-9H2,1H3/t13-/m1/s1. The van der Waals surface area contributed by atoms with E-state index in [4.69, 9.17) is 0 Å². The molecular weight excluding hydrogens is 328 g/mol. The van der Waals surface area contributed by atoms with Gasteiger partial charge in [-0.2, -0.15) is 4.52 Å². The Morgan fingerprint density at radius 1 is 1.30 bits per heavy atom. The molecule has 1 atom stereocenters. The van der Waals surface area contributed by atoms with E-state index >= 15 is 0 Å². The summed E-state index contributed by atoms with van der Waals surface area (Å²) in [4.78, 5) is 10.0. The molecule has 7 heteroatoms. The number of aromatic hydroxyl groups is 1. The molecule has 0 unspecified atom stereocenters. The third-order valence-electron chi connectivity index (χ3n) is 4.38. The Bertz CT molecular complexity index is 787. The topological polar surface area (TPSA) is 53.7 Å². The summed E-state index contributed by atoms with van der Waals surface area (Å²) in [5, 5.41) is 17.3. The van der Waals surface area contributed by atoms with Gasteiger partial charge in [-0.25, -0.2) is 4.98 Å². The lowest BCUT2D eigenvalue weighted by Gasteiger charge is -2.33. The highest BCUT2D eigenvalue weighted by Gasteiger charge is 2.30. The Kier molecular flexibility index (Phi) is 4.09. The van der Waals surface area contributed by atoms with E-state index < -0.39 is 0 Å². The molecule has 0 radical (unpaired) electrons. The van der Waals surface area contributed by atoms with E-state index in [0.29, 0.717) is 0 Å². The first-order chi connectivity index (χ1) is 11.3. The number of hydrogen-bond donors (Lipinski definition) is 1. The van der Waals surface area contributed by atoms with Crippen LogP contribution in [0.2, 0.25) is 0 Å². The Hall–Kier alpha value is -1.44. The van der Waals surface area contributed by atoms with Crippen molar-refractivity contribution in [2.24, 2.45) is 0 Å². The third-order valence-corrected chi connectivity index (χ3v) is 6.37. The van der Waals surface area contributed by atoms with Crippen molar-refractivity contribution < 1.29 is 5.11 Å². The molecule has 3 aromatic rings. The maximum atomic E-state index is 10.7. The first kappa shape index (κ1) is 15.1. The Labute approximate surface area is 143 Å². The Morgan fingerprint density at radius 2 is 2.13 bits per heavy atom. The quantitative estimate of drug-likeness (QED) is 0.781. The van der Waals surface area contributed by atoms with Crippen LogP contribution in [-0.4, -0.2) is 37.7 Å². The Balaban J connectivity index is 1.79. The molecule has 0 spiro atoms. The van der Waals surface area contributed by atoms with Crippen molar-refractivity contribution in [2.45, 2.75) is 38.6 Å². The smallest absolute Gasteiger partial charge is 0.230 e. The lowest BCUT2D eigenvalue weighted by atomic mass is 10.1. The molecule has 0 saturated carbocycles. The molecule has 23 heavy (non-hydrogen) atoms. The fraction of sp³-hybridized carbons (Fsp3) is 0.500. The van der Waals surface area contributed by atoms with Crippen LogP contribution in [0.4, 0.5) is 0 Å². The third kappa shape index (κ3) is 2.66. The molecule has 1 saturated heterocycles. The molecule has 1 aliphatic heterocycles. The van der Waals surface area contributed by atoms with Gasteiger partial charge in [0.2, 0.25) is 10.8 Å². The van der Waals surface area contributed by atoms with Crippen LogP contribution in [-0.2, 0) is 6.42 Å². The SMILES string of the molecule is CCc1nc2sc([C@@H](c3cccs3)N3CCCCC3)c(O)n2n1. The second kappa shape index (κ2) is 6.22. The van der Waals surface area contributed by atoms with Gasteiger partial charge in [0.25, 0.3) is 0 Å². The van der Waals surface area contributed by atoms with E-state index in [1.165, 1.54) is 24.1 Å². The van der Waals surface area contributed by atoms with Crippen molar-refractivity contribution in [1.82, 2.24) is 19.5 Å². The van der Waals surface area contributed by atoms with Crippen LogP contribution in [0, 0.1) is 0 Å². The number of aromatic nitrogens is 3. The molecule has 4 rings (SSSR count). The number of likely N-dealkylation sites (tertiary alicyclic amines) is 1. The first-order valence-electron chi connectivity index (χ1n) is 8.12. The van der Waals surface area contributed by atoms with E-state index in [-0.39, 0.29) is 11.9 Å². The van der Waals surface area contributed by atoms with E-state index in [1.54, 1.807) is 27.2 Å². The molecule has 0 bridgehead atoms. The maximum absolute atomic E-state index is 10.7. The monoisotopic (exact) mass is 348 g/mol. The molecule has 0 amide bonds. The summed E-state index contributed by atoms with van der Waals surface area (Å²) in [7, 11) is 0. The van der Waals surface area contributed by atoms with Crippen molar-refractivity contribution >= 4 is 27.6 Å². The molecule has 3 aromatic heterocycles. The molecule has 1 fully saturated rings. The average molecular weight is 348 g/mol. The Morgan fingerprint density at radius 3 is 2.78 bits per heavy atom. The van der Waals surface area contributed by atoms with Crippen LogP contribution in [0.25, 0.3) is 4.96 Å². The van der Waals surface area contributed by atoms with Gasteiger partial charge in [0.15, 0.2) is 5.82 Å². The number of hydrogen-bond acceptors (Lipinski definition) is 6. The molecule has 5 nitrogen and oxygen atoms in total. The van der Waals surface area contributed by atoms with Crippen molar-refractivity contribution in [3.63, 3.8) is 0 Å². The number of fused-ring (bicyclic) bond motifs is 1. The van der Waals surface area contributed by atoms with Gasteiger partial charge in [0.05, 0.1) is 10.9 Å². The van der Waals surface area contributed by atoms with Crippen molar-refractivity contribution in [1.29, 1.82) is 0 Å². The average Bonchev–Trinajstić information content (AvgIpc) is 3.29. The highest BCUT2D eigenvalue weighted by molar-refractivity contribution is 7.17. The number of rotatable bonds is 4. The predicted molar refractivity (Wildman–Crippen MR) is 93.5 cm³/mol. The molecule has 0 aliphatic carbocycles. The summed E-state index contributed by atoms with van der Waals surface area (Å²) in [6.07, 6.45) is 4.53. The minimum absolute atomic E-state index is 0.119. The van der Waals surface area contributed by atoms with Crippen LogP contribution in [0.1, 0.15) is 47.8 Å². The second-order valence-electron chi connectivity index (χ2n) is 5.88. The van der Waals surface area contributed by atoms with Crippen LogP contribution >= 0.6 is 22.7 Å². The van der Waals surface area contributed by atoms with E-state index in [1.807, 2.05) is 6.92 Å². The van der Waals surface area contributed by atoms with Gasteiger partial charge in [0.1, 0.15) is 0 Å².